The topological polar surface area (TPSA) is 87.2 Å². The molecule has 0 unspecified atom stereocenters. The molecule has 0 aromatic carbocycles. The second-order valence-corrected chi connectivity index (χ2v) is 6.45. The first-order valence-electron chi connectivity index (χ1n) is 7.97. The number of cyclic esters (lactones) is 1. The van der Waals surface area contributed by atoms with Crippen molar-refractivity contribution >= 4 is 23.8 Å². The molecule has 3 aliphatic rings. The van der Waals surface area contributed by atoms with Gasteiger partial charge in [0.05, 0.1) is 0 Å². The number of nitrogens with zero attached hydrogens (tertiary/aromatic N) is 3. The number of amides is 4. The standard InChI is InChI=1S/C15H21N3O5/c1-10(19)16-4-2-12(3-5-16)14(21)17-6-11(7-17)8-18-13(20)9-23-15(18)22/h11-12H,2-9H2,1H3. The summed E-state index contributed by atoms with van der Waals surface area (Å²) in [5.74, 6) is -0.0194. The van der Waals surface area contributed by atoms with Crippen LogP contribution >= 0.6 is 0 Å². The maximum absolute atomic E-state index is 12.4. The van der Waals surface area contributed by atoms with Crippen molar-refractivity contribution in [1.82, 2.24) is 14.7 Å². The molecule has 126 valence electrons. The Labute approximate surface area is 134 Å². The van der Waals surface area contributed by atoms with Gasteiger partial charge in [-0.05, 0) is 12.8 Å². The van der Waals surface area contributed by atoms with Crippen molar-refractivity contribution < 1.29 is 23.9 Å². The molecule has 3 fully saturated rings. The number of imide groups is 1. The van der Waals surface area contributed by atoms with E-state index >= 15 is 0 Å². The zero-order valence-corrected chi connectivity index (χ0v) is 13.2. The van der Waals surface area contributed by atoms with Crippen molar-refractivity contribution in [2.75, 3.05) is 39.3 Å². The van der Waals surface area contributed by atoms with Gasteiger partial charge < -0.3 is 14.5 Å². The predicted octanol–water partition coefficient (Wildman–Crippen LogP) is -0.318. The average Bonchev–Trinajstić information content (AvgIpc) is 2.81. The minimum absolute atomic E-state index is 0.0232. The van der Waals surface area contributed by atoms with Crippen molar-refractivity contribution in [2.24, 2.45) is 11.8 Å². The first-order chi connectivity index (χ1) is 11.0. The van der Waals surface area contributed by atoms with E-state index in [1.54, 1.807) is 16.7 Å². The van der Waals surface area contributed by atoms with E-state index in [9.17, 15) is 19.2 Å². The van der Waals surface area contributed by atoms with Gasteiger partial charge in [-0.1, -0.05) is 0 Å². The summed E-state index contributed by atoms with van der Waals surface area (Å²) in [5, 5.41) is 0. The minimum atomic E-state index is -0.587. The van der Waals surface area contributed by atoms with Crippen LogP contribution in [-0.4, -0.2) is 77.8 Å². The number of hydrogen-bond donors (Lipinski definition) is 0. The highest BCUT2D eigenvalue weighted by molar-refractivity contribution is 5.97. The third-order valence-corrected chi connectivity index (χ3v) is 4.84. The lowest BCUT2D eigenvalue weighted by Gasteiger charge is -2.43. The van der Waals surface area contributed by atoms with Crippen LogP contribution in [0.15, 0.2) is 0 Å². The van der Waals surface area contributed by atoms with Crippen LogP contribution in [0.3, 0.4) is 0 Å². The molecule has 8 heteroatoms. The molecule has 0 atom stereocenters. The maximum atomic E-state index is 12.4. The normalized spacial score (nSPS) is 23.1. The second-order valence-electron chi connectivity index (χ2n) is 6.45. The maximum Gasteiger partial charge on any atom is 0.417 e. The first-order valence-corrected chi connectivity index (χ1v) is 7.97. The van der Waals surface area contributed by atoms with E-state index in [2.05, 4.69) is 4.74 Å². The summed E-state index contributed by atoms with van der Waals surface area (Å²) < 4.78 is 4.67. The Morgan fingerprint density at radius 1 is 1.13 bits per heavy atom. The van der Waals surface area contributed by atoms with Crippen LogP contribution in [-0.2, 0) is 19.1 Å². The summed E-state index contributed by atoms with van der Waals surface area (Å²) in [6.45, 7) is 4.11. The summed E-state index contributed by atoms with van der Waals surface area (Å²) in [6.07, 6.45) is 0.823. The molecular formula is C15H21N3O5. The van der Waals surface area contributed by atoms with Gasteiger partial charge in [-0.25, -0.2) is 9.69 Å². The SMILES string of the molecule is CC(=O)N1CCC(C(=O)N2CC(CN3C(=O)COC3=O)C2)CC1. The second kappa shape index (κ2) is 6.17. The largest absolute Gasteiger partial charge is 0.439 e. The highest BCUT2D eigenvalue weighted by Gasteiger charge is 2.40. The van der Waals surface area contributed by atoms with E-state index in [4.69, 9.17) is 0 Å². The lowest BCUT2D eigenvalue weighted by molar-refractivity contribution is -0.146. The Morgan fingerprint density at radius 3 is 2.30 bits per heavy atom. The predicted molar refractivity (Wildman–Crippen MR) is 78.1 cm³/mol. The van der Waals surface area contributed by atoms with Gasteiger partial charge >= 0.3 is 6.09 Å². The van der Waals surface area contributed by atoms with E-state index < -0.39 is 6.09 Å². The van der Waals surface area contributed by atoms with Gasteiger partial charge in [-0.15, -0.1) is 0 Å². The summed E-state index contributed by atoms with van der Waals surface area (Å²) in [4.78, 5) is 51.2. The van der Waals surface area contributed by atoms with Gasteiger partial charge in [0.2, 0.25) is 11.8 Å². The fourth-order valence-corrected chi connectivity index (χ4v) is 3.38. The van der Waals surface area contributed by atoms with Crippen LogP contribution in [0.5, 0.6) is 0 Å². The van der Waals surface area contributed by atoms with Gasteiger partial charge in [0.15, 0.2) is 6.61 Å². The molecule has 0 N–H and O–H groups in total. The molecule has 4 amide bonds. The number of ether oxygens (including phenoxy) is 1. The monoisotopic (exact) mass is 323 g/mol. The summed E-state index contributed by atoms with van der Waals surface area (Å²) >= 11 is 0. The number of piperidine rings is 1. The third-order valence-electron chi connectivity index (χ3n) is 4.84. The molecule has 0 radical (unpaired) electrons. The molecule has 0 spiro atoms. The lowest BCUT2D eigenvalue weighted by Crippen LogP contribution is -2.56. The van der Waals surface area contributed by atoms with Crippen molar-refractivity contribution in [2.45, 2.75) is 19.8 Å². The molecular weight excluding hydrogens is 302 g/mol. The molecule has 8 nitrogen and oxygen atoms in total. The highest BCUT2D eigenvalue weighted by atomic mass is 16.6. The molecule has 0 saturated carbocycles. The van der Waals surface area contributed by atoms with Crippen molar-refractivity contribution in [3.63, 3.8) is 0 Å². The highest BCUT2D eigenvalue weighted by Crippen LogP contribution is 2.25. The molecule has 3 heterocycles. The number of hydrogen-bond acceptors (Lipinski definition) is 5. The van der Waals surface area contributed by atoms with Crippen molar-refractivity contribution in [3.05, 3.63) is 0 Å². The Morgan fingerprint density at radius 2 is 1.78 bits per heavy atom. The zero-order valence-electron chi connectivity index (χ0n) is 13.2. The average molecular weight is 323 g/mol. The van der Waals surface area contributed by atoms with Crippen LogP contribution in [0.4, 0.5) is 4.79 Å². The van der Waals surface area contributed by atoms with E-state index in [1.807, 2.05) is 0 Å². The van der Waals surface area contributed by atoms with E-state index in [-0.39, 0.29) is 36.2 Å². The van der Waals surface area contributed by atoms with Crippen molar-refractivity contribution in [3.8, 4) is 0 Å². The van der Waals surface area contributed by atoms with Crippen LogP contribution in [0.2, 0.25) is 0 Å². The van der Waals surface area contributed by atoms with Crippen molar-refractivity contribution in [1.29, 1.82) is 0 Å². The van der Waals surface area contributed by atoms with E-state index in [0.29, 0.717) is 45.6 Å². The Balaban J connectivity index is 1.43. The van der Waals surface area contributed by atoms with E-state index in [0.717, 1.165) is 4.90 Å². The van der Waals surface area contributed by atoms with Gasteiger partial charge in [0.25, 0.3) is 5.91 Å². The van der Waals surface area contributed by atoms with Gasteiger partial charge in [-0.3, -0.25) is 14.4 Å². The molecule has 0 aromatic heterocycles. The fraction of sp³-hybridized carbons (Fsp3) is 0.733. The van der Waals surface area contributed by atoms with E-state index in [1.165, 1.54) is 0 Å². The van der Waals surface area contributed by atoms with Crippen LogP contribution in [0, 0.1) is 11.8 Å². The molecule has 0 aromatic rings. The quantitative estimate of drug-likeness (QED) is 0.710. The summed E-state index contributed by atoms with van der Waals surface area (Å²) in [6, 6.07) is 0. The number of likely N-dealkylation sites (tertiary alicyclic amines) is 2. The van der Waals surface area contributed by atoms with Gasteiger partial charge in [-0.2, -0.15) is 0 Å². The molecule has 3 aliphatic heterocycles. The third kappa shape index (κ3) is 3.16. The molecule has 0 bridgehead atoms. The fourth-order valence-electron chi connectivity index (χ4n) is 3.38. The zero-order chi connectivity index (χ0) is 16.6. The number of carbonyl (C=O) groups is 4. The molecule has 3 saturated heterocycles. The van der Waals surface area contributed by atoms with Gasteiger partial charge in [0.1, 0.15) is 0 Å². The summed E-state index contributed by atoms with van der Waals surface area (Å²) in [7, 11) is 0. The first kappa shape index (κ1) is 15.8. The Hall–Kier alpha value is -2.12. The molecule has 3 rings (SSSR count). The smallest absolute Gasteiger partial charge is 0.417 e. The number of carbonyl (C=O) groups excluding carboxylic acids is 4. The number of rotatable bonds is 3. The van der Waals surface area contributed by atoms with Crippen LogP contribution < -0.4 is 0 Å². The van der Waals surface area contributed by atoms with Gasteiger partial charge in [0, 0.05) is 51.5 Å². The van der Waals surface area contributed by atoms with Crippen LogP contribution in [0.1, 0.15) is 19.8 Å². The molecule has 0 aliphatic carbocycles. The Bertz CT molecular complexity index is 519. The molecule has 23 heavy (non-hydrogen) atoms. The lowest BCUT2D eigenvalue weighted by atomic mass is 9.91. The Kier molecular flexibility index (Phi) is 4.23. The van der Waals surface area contributed by atoms with Crippen LogP contribution in [0.25, 0.3) is 0 Å². The minimum Gasteiger partial charge on any atom is -0.439 e. The summed E-state index contributed by atoms with van der Waals surface area (Å²) in [5.41, 5.74) is 0.